The van der Waals surface area contributed by atoms with Crippen molar-refractivity contribution in [1.82, 2.24) is 18.3 Å². The average Bonchev–Trinajstić information content (AvgIpc) is 1.62. The SMILES string of the molecule is CC(C)c1c(C(=O)Nc2ccccc2)c(-c2ccccc2)c(O)n1CCCCCC(O)C(=O)O.CC(C)c1c(C(=O)Nc2ccccc2)c(-c2ccccc2)c(O)n1CCCCCC(O)C(=O)O.CC(C)c1c(C(=O)Nc2ccccc2)c(-c2ccccc2)c(O)n1CCCCCC(O)C(=O)[O-].CC(C)c1c(C(=O)Nc2ccccc2)c(-c2ccccc2)c(O)n1CCCCCC(O)C(=O)[O-].[Ca+2]. The maximum absolute atomic E-state index is 13.5. The van der Waals surface area contributed by atoms with Gasteiger partial charge in [-0.25, -0.2) is 9.59 Å². The molecule has 0 aliphatic carbocycles. The minimum absolute atomic E-state index is 0. The standard InChI is InChI=1S/4C27H32N2O5.Ca/c4*1-18(2)24-23(25(31)28-20-14-8-4-9-15-20)22(19-12-6-3-7-13-19)26(32)29(24)17-11-5-10-16-21(30)27(33)34;/h4*3-4,6-9,12-15,18,21,30,32H,5,10-11,16-17H2,1-2H3,(H,28,31)(H,33,34);/q;;;;+2/p-2. The molecule has 14 N–H and O–H groups in total. The molecule has 0 aliphatic heterocycles. The van der Waals surface area contributed by atoms with Crippen molar-refractivity contribution in [3.05, 3.63) is 288 Å². The number of aliphatic hydroxyl groups is 4. The second-order valence-electron chi connectivity index (χ2n) is 34.6. The maximum atomic E-state index is 13.5. The van der Waals surface area contributed by atoms with Crippen LogP contribution in [-0.4, -0.2) is 179 Å². The number of amides is 4. The summed E-state index contributed by atoms with van der Waals surface area (Å²) in [6.07, 6.45) is 2.43. The van der Waals surface area contributed by atoms with Gasteiger partial charge in [-0.2, -0.15) is 0 Å². The van der Waals surface area contributed by atoms with Crippen LogP contribution < -0.4 is 31.5 Å². The molecule has 0 bridgehead atoms. The van der Waals surface area contributed by atoms with Crippen LogP contribution in [0.2, 0.25) is 0 Å². The molecule has 720 valence electrons. The van der Waals surface area contributed by atoms with Crippen molar-refractivity contribution in [3.8, 4) is 68.0 Å². The average molecular weight is 1900 g/mol. The number of carbonyl (C=O) groups is 8. The molecular formula is C108H126CaN8O20. The van der Waals surface area contributed by atoms with Gasteiger partial charge in [0.2, 0.25) is 0 Å². The van der Waals surface area contributed by atoms with E-state index >= 15 is 0 Å². The Morgan fingerprint density at radius 2 is 0.431 bits per heavy atom. The van der Waals surface area contributed by atoms with Gasteiger partial charge >= 0.3 is 49.7 Å². The van der Waals surface area contributed by atoms with Gasteiger partial charge in [-0.3, -0.25) is 19.2 Å². The van der Waals surface area contributed by atoms with Crippen LogP contribution in [0.4, 0.5) is 22.7 Å². The van der Waals surface area contributed by atoms with Gasteiger partial charge in [-0.1, -0.05) is 301 Å². The number of aliphatic carboxylic acids is 4. The summed E-state index contributed by atoms with van der Waals surface area (Å²) in [5.41, 5.74) is 12.4. The van der Waals surface area contributed by atoms with E-state index in [0.29, 0.717) is 170 Å². The van der Waals surface area contributed by atoms with E-state index in [-0.39, 0.29) is 134 Å². The molecule has 4 aromatic heterocycles. The van der Waals surface area contributed by atoms with E-state index in [0.717, 1.165) is 45.0 Å². The van der Waals surface area contributed by atoms with Crippen molar-refractivity contribution in [3.63, 3.8) is 0 Å². The van der Waals surface area contributed by atoms with Crippen molar-refractivity contribution in [1.29, 1.82) is 0 Å². The zero-order chi connectivity index (χ0) is 98.7. The van der Waals surface area contributed by atoms with Gasteiger partial charge in [-0.15, -0.1) is 0 Å². The minimum atomic E-state index is -1.47. The summed E-state index contributed by atoms with van der Waals surface area (Å²) in [7, 11) is 0. The summed E-state index contributed by atoms with van der Waals surface area (Å²) in [4.78, 5) is 96.9. The van der Waals surface area contributed by atoms with E-state index in [1.807, 2.05) is 298 Å². The Labute approximate surface area is 829 Å². The number of para-hydroxylation sites is 4. The van der Waals surface area contributed by atoms with Crippen LogP contribution >= 0.6 is 0 Å². The van der Waals surface area contributed by atoms with E-state index in [9.17, 15) is 89.4 Å². The quantitative estimate of drug-likeness (QED) is 0.0125. The number of aromatic nitrogens is 4. The number of rotatable bonds is 44. The number of benzene rings is 8. The van der Waals surface area contributed by atoms with Crippen LogP contribution in [0.3, 0.4) is 0 Å². The molecule has 8 aromatic carbocycles. The molecule has 0 saturated heterocycles. The second-order valence-corrected chi connectivity index (χ2v) is 34.6. The van der Waals surface area contributed by atoms with Crippen molar-refractivity contribution >= 4 is 108 Å². The van der Waals surface area contributed by atoms with Gasteiger partial charge in [0.1, 0.15) is 0 Å². The Morgan fingerprint density at radius 3 is 0.591 bits per heavy atom. The molecule has 0 spiro atoms. The van der Waals surface area contributed by atoms with Crippen LogP contribution in [0.25, 0.3) is 44.5 Å². The summed E-state index contributed by atoms with van der Waals surface area (Å²) in [6.45, 7) is 17.7. The predicted molar refractivity (Wildman–Crippen MR) is 529 cm³/mol. The number of carboxylic acid groups (broad SMARTS) is 4. The summed E-state index contributed by atoms with van der Waals surface area (Å²) in [6, 6.07) is 74.2. The van der Waals surface area contributed by atoms with E-state index < -0.39 is 48.3 Å². The zero-order valence-electron chi connectivity index (χ0n) is 78.9. The molecule has 28 nitrogen and oxygen atoms in total. The molecule has 4 heterocycles. The molecule has 29 heteroatoms. The Hall–Kier alpha value is -13.1. The summed E-state index contributed by atoms with van der Waals surface area (Å²) >= 11 is 0. The Balaban J connectivity index is 0.000000224. The number of aromatic hydroxyl groups is 4. The monoisotopic (exact) mass is 1890 g/mol. The molecule has 0 aliphatic rings. The van der Waals surface area contributed by atoms with Gasteiger partial charge in [0.25, 0.3) is 23.6 Å². The van der Waals surface area contributed by atoms with Crippen LogP contribution in [-0.2, 0) is 45.4 Å². The summed E-state index contributed by atoms with van der Waals surface area (Å²) < 4.78 is 7.14. The molecule has 4 amide bonds. The van der Waals surface area contributed by atoms with Crippen LogP contribution in [0.1, 0.15) is 246 Å². The number of carbonyl (C=O) groups excluding carboxylic acids is 6. The fraction of sp³-hybridized carbons (Fsp3) is 0.333. The second kappa shape index (κ2) is 54.6. The van der Waals surface area contributed by atoms with Crippen LogP contribution in [0.5, 0.6) is 23.5 Å². The normalized spacial score (nSPS) is 11.9. The topological polar surface area (TPSA) is 453 Å². The molecule has 4 unspecified atom stereocenters. The number of nitrogens with zero attached hydrogens (tertiary/aromatic N) is 4. The smallest absolute Gasteiger partial charge is 0.547 e. The van der Waals surface area contributed by atoms with Gasteiger partial charge in [0.15, 0.2) is 35.7 Å². The van der Waals surface area contributed by atoms with Gasteiger partial charge in [0, 0.05) is 71.7 Å². The van der Waals surface area contributed by atoms with Gasteiger partial charge in [-0.05, 0) is 146 Å². The van der Waals surface area contributed by atoms with Crippen LogP contribution in [0, 0.1) is 0 Å². The minimum Gasteiger partial charge on any atom is -0.547 e. The third-order valence-electron chi connectivity index (χ3n) is 23.1. The first-order valence-electron chi connectivity index (χ1n) is 46.3. The van der Waals surface area contributed by atoms with Crippen molar-refractivity contribution < 1.29 is 99.6 Å². The first kappa shape index (κ1) is 109. The van der Waals surface area contributed by atoms with Crippen molar-refractivity contribution in [2.24, 2.45) is 0 Å². The van der Waals surface area contributed by atoms with Gasteiger partial charge < -0.3 is 110 Å². The predicted octanol–water partition coefficient (Wildman–Crippen LogP) is 17.9. The zero-order valence-corrected chi connectivity index (χ0v) is 81.1. The fourth-order valence-corrected chi connectivity index (χ4v) is 16.7. The van der Waals surface area contributed by atoms with E-state index in [1.54, 1.807) is 18.3 Å². The first-order valence-corrected chi connectivity index (χ1v) is 46.3. The largest absolute Gasteiger partial charge is 2.00 e. The Bertz CT molecular complexity index is 5150. The first-order chi connectivity index (χ1) is 65.2. The number of hydrogen-bond donors (Lipinski definition) is 14. The molecule has 0 radical (unpaired) electrons. The van der Waals surface area contributed by atoms with E-state index in [4.69, 9.17) is 10.2 Å². The van der Waals surface area contributed by atoms with E-state index in [2.05, 4.69) is 21.3 Å². The third-order valence-corrected chi connectivity index (χ3v) is 23.1. The van der Waals surface area contributed by atoms with Crippen LogP contribution in [0.15, 0.2) is 243 Å². The molecule has 12 aromatic rings. The van der Waals surface area contributed by atoms with Gasteiger partial charge in [0.05, 0.1) is 68.7 Å². The Morgan fingerprint density at radius 1 is 0.263 bits per heavy atom. The molecule has 0 fully saturated rings. The Kier molecular flexibility index (Phi) is 43.6. The number of nitrogens with one attached hydrogen (secondary N) is 4. The molecule has 0 saturated carbocycles. The fourth-order valence-electron chi connectivity index (χ4n) is 16.7. The summed E-state index contributed by atoms with van der Waals surface area (Å²) in [5.74, 6) is -6.53. The van der Waals surface area contributed by atoms with Crippen molar-refractivity contribution in [2.75, 3.05) is 21.3 Å². The maximum Gasteiger partial charge on any atom is 2.00 e. The molecule has 4 atom stereocenters. The van der Waals surface area contributed by atoms with Crippen molar-refractivity contribution in [2.45, 2.75) is 232 Å². The number of aliphatic hydroxyl groups excluding tert-OH is 4. The number of anilines is 4. The number of carboxylic acids is 4. The number of hydrogen-bond acceptors (Lipinski definition) is 18. The molecular weight excluding hydrogens is 1770 g/mol. The molecule has 12 rings (SSSR count). The molecule has 137 heavy (non-hydrogen) atoms. The van der Waals surface area contributed by atoms with E-state index in [1.165, 1.54) is 0 Å². The third kappa shape index (κ3) is 30.5. The number of unbranched alkanes of at least 4 members (excludes halogenated alkanes) is 8. The summed E-state index contributed by atoms with van der Waals surface area (Å²) in [5, 5.41) is 134.